The number of nitrogens with zero attached hydrogens (tertiary/aromatic N) is 3. The lowest BCUT2D eigenvalue weighted by Crippen LogP contribution is -2.51. The Balaban J connectivity index is 1.10. The van der Waals surface area contributed by atoms with Gasteiger partial charge in [-0.05, 0) is 87.2 Å². The average Bonchev–Trinajstić information content (AvgIpc) is 2.77. The first kappa shape index (κ1) is 21.1. The average molecular weight is 446 g/mol. The Bertz CT molecular complexity index is 888. The van der Waals surface area contributed by atoms with Gasteiger partial charge in [-0.25, -0.2) is 4.39 Å². The molecule has 0 N–H and O–H groups in total. The van der Waals surface area contributed by atoms with Gasteiger partial charge >= 0.3 is 0 Å². The minimum atomic E-state index is -0.348. The molecule has 1 aliphatic carbocycles. The molecule has 1 aromatic carbocycles. The summed E-state index contributed by atoms with van der Waals surface area (Å²) in [5.74, 6) is 0.884. The lowest BCUT2D eigenvalue weighted by atomic mass is 9.61. The molecular formula is C24H29ClFN3O2. The topological polar surface area (TPSA) is 47.5 Å². The second kappa shape index (κ2) is 9.00. The molecule has 2 aliphatic heterocycles. The molecule has 3 fully saturated rings. The second-order valence-electron chi connectivity index (χ2n) is 9.41. The van der Waals surface area contributed by atoms with Crippen LogP contribution in [0, 0.1) is 17.2 Å². The molecule has 3 heterocycles. The zero-order valence-corrected chi connectivity index (χ0v) is 18.5. The van der Waals surface area contributed by atoms with Crippen LogP contribution in [0.15, 0.2) is 30.3 Å². The third-order valence-electron chi connectivity index (χ3n) is 7.14. The fraction of sp³-hybridized carbons (Fsp3) is 0.583. The summed E-state index contributed by atoms with van der Waals surface area (Å²) in [6.07, 6.45) is 7.41. The van der Waals surface area contributed by atoms with E-state index in [-0.39, 0.29) is 11.9 Å². The zero-order valence-electron chi connectivity index (χ0n) is 17.7. The lowest BCUT2D eigenvalue weighted by Gasteiger charge is -2.52. The predicted molar refractivity (Wildman–Crippen MR) is 118 cm³/mol. The van der Waals surface area contributed by atoms with Crippen molar-refractivity contribution in [2.45, 2.75) is 44.6 Å². The molecular weight excluding hydrogens is 417 g/mol. The van der Waals surface area contributed by atoms with E-state index in [0.717, 1.165) is 26.1 Å². The molecule has 2 saturated heterocycles. The molecule has 5 nitrogen and oxygen atoms in total. The van der Waals surface area contributed by atoms with Crippen molar-refractivity contribution in [2.75, 3.05) is 32.8 Å². The largest absolute Gasteiger partial charge is 0.473 e. The van der Waals surface area contributed by atoms with Crippen molar-refractivity contribution in [3.05, 3.63) is 41.2 Å². The van der Waals surface area contributed by atoms with Crippen molar-refractivity contribution in [3.63, 3.8) is 0 Å². The van der Waals surface area contributed by atoms with Gasteiger partial charge in [-0.1, -0.05) is 11.6 Å². The number of likely N-dealkylation sites (tertiary alicyclic amines) is 1. The van der Waals surface area contributed by atoms with Crippen molar-refractivity contribution in [1.82, 2.24) is 15.1 Å². The molecule has 1 atom stereocenters. The summed E-state index contributed by atoms with van der Waals surface area (Å²) in [7, 11) is 0. The molecule has 5 rings (SSSR count). The maximum absolute atomic E-state index is 13.5. The minimum absolute atomic E-state index is 0.205. The molecule has 1 unspecified atom stereocenters. The number of piperidine rings is 1. The van der Waals surface area contributed by atoms with E-state index in [1.807, 2.05) is 0 Å². The quantitative estimate of drug-likeness (QED) is 0.649. The number of hydrogen-bond donors (Lipinski definition) is 0. The van der Waals surface area contributed by atoms with Gasteiger partial charge in [0.1, 0.15) is 11.9 Å². The van der Waals surface area contributed by atoms with Crippen LogP contribution in [0.1, 0.15) is 38.5 Å². The van der Waals surface area contributed by atoms with Crippen LogP contribution in [0.25, 0.3) is 11.3 Å². The van der Waals surface area contributed by atoms with Gasteiger partial charge in [0.25, 0.3) is 0 Å². The van der Waals surface area contributed by atoms with Crippen LogP contribution in [0.2, 0.25) is 5.02 Å². The molecule has 1 saturated carbocycles. The van der Waals surface area contributed by atoms with Gasteiger partial charge in [0.05, 0.1) is 17.3 Å². The van der Waals surface area contributed by atoms with Crippen LogP contribution in [0.4, 0.5) is 4.39 Å². The number of halogens is 2. The third kappa shape index (κ3) is 4.86. The van der Waals surface area contributed by atoms with Crippen LogP contribution in [-0.2, 0) is 4.74 Å². The highest BCUT2D eigenvalue weighted by molar-refractivity contribution is 6.33. The van der Waals surface area contributed by atoms with Gasteiger partial charge in [0.15, 0.2) is 0 Å². The van der Waals surface area contributed by atoms with Crippen molar-refractivity contribution in [2.24, 2.45) is 11.3 Å². The first-order chi connectivity index (χ1) is 15.1. The highest BCUT2D eigenvalue weighted by atomic mass is 35.5. The summed E-state index contributed by atoms with van der Waals surface area (Å²) >= 11 is 6.16. The fourth-order valence-electron chi connectivity index (χ4n) is 5.32. The Kier molecular flexibility index (Phi) is 6.13. The monoisotopic (exact) mass is 445 g/mol. The van der Waals surface area contributed by atoms with Crippen molar-refractivity contribution in [1.29, 1.82) is 0 Å². The van der Waals surface area contributed by atoms with E-state index < -0.39 is 0 Å². The Labute approximate surface area is 187 Å². The molecule has 0 radical (unpaired) electrons. The summed E-state index contributed by atoms with van der Waals surface area (Å²) in [6.45, 7) is 5.43. The van der Waals surface area contributed by atoms with Gasteiger partial charge in [-0.15, -0.1) is 10.2 Å². The molecule has 0 amide bonds. The number of hydrogen-bond acceptors (Lipinski definition) is 5. The summed E-state index contributed by atoms with van der Waals surface area (Å²) < 4.78 is 25.2. The number of ether oxygens (including phenoxy) is 2. The normalized spacial score (nSPS) is 24.1. The first-order valence-electron chi connectivity index (χ1n) is 11.3. The second-order valence-corrected chi connectivity index (χ2v) is 9.82. The Hall–Kier alpha value is -1.76. The molecule has 7 heteroatoms. The van der Waals surface area contributed by atoms with E-state index in [4.69, 9.17) is 21.1 Å². The molecule has 1 spiro atoms. The summed E-state index contributed by atoms with van der Waals surface area (Å²) in [4.78, 5) is 2.63. The summed E-state index contributed by atoms with van der Waals surface area (Å²) in [5.41, 5.74) is 1.51. The van der Waals surface area contributed by atoms with Crippen molar-refractivity contribution >= 4 is 11.6 Å². The zero-order chi connectivity index (χ0) is 21.3. The number of rotatable bonds is 5. The van der Waals surface area contributed by atoms with Crippen LogP contribution < -0.4 is 4.74 Å². The van der Waals surface area contributed by atoms with Crippen LogP contribution in [0.5, 0.6) is 5.88 Å². The molecule has 166 valence electrons. The van der Waals surface area contributed by atoms with Crippen molar-refractivity contribution < 1.29 is 13.9 Å². The smallest absolute Gasteiger partial charge is 0.233 e. The fourth-order valence-corrected chi connectivity index (χ4v) is 5.53. The van der Waals surface area contributed by atoms with E-state index >= 15 is 0 Å². The van der Waals surface area contributed by atoms with E-state index in [1.54, 1.807) is 12.1 Å². The molecule has 31 heavy (non-hydrogen) atoms. The highest BCUT2D eigenvalue weighted by Crippen LogP contribution is 2.50. The molecule has 0 bridgehead atoms. The SMILES string of the molecule is Fc1ccc(Cl)c(-c2ccc(OC3CC4(CCN(CC5CCCOC5)CC4)C3)nn2)c1. The Morgan fingerprint density at radius 2 is 2.00 bits per heavy atom. The molecule has 1 aromatic heterocycles. The Morgan fingerprint density at radius 1 is 1.16 bits per heavy atom. The lowest BCUT2D eigenvalue weighted by molar-refractivity contribution is -0.0621. The summed E-state index contributed by atoms with van der Waals surface area (Å²) in [6, 6.07) is 7.81. The predicted octanol–water partition coefficient (Wildman–Crippen LogP) is 4.99. The first-order valence-corrected chi connectivity index (χ1v) is 11.7. The van der Waals surface area contributed by atoms with E-state index in [1.165, 1.54) is 63.5 Å². The van der Waals surface area contributed by atoms with Gasteiger partial charge in [0, 0.05) is 24.8 Å². The third-order valence-corrected chi connectivity index (χ3v) is 7.47. The van der Waals surface area contributed by atoms with Gasteiger partial charge < -0.3 is 14.4 Å². The van der Waals surface area contributed by atoms with Gasteiger partial charge in [-0.2, -0.15) is 0 Å². The number of benzene rings is 1. The minimum Gasteiger partial charge on any atom is -0.473 e. The standard InChI is InChI=1S/C24H29ClFN3O2/c25-21-4-3-18(26)12-20(21)22-5-6-23(28-27-22)31-19-13-24(14-19)7-9-29(10-8-24)15-17-2-1-11-30-16-17/h3-6,12,17,19H,1-2,7-11,13-16H2. The van der Waals surface area contributed by atoms with Crippen molar-refractivity contribution in [3.8, 4) is 17.1 Å². The number of aromatic nitrogens is 2. The van der Waals surface area contributed by atoms with Crippen LogP contribution >= 0.6 is 11.6 Å². The molecule has 2 aromatic rings. The maximum atomic E-state index is 13.5. The maximum Gasteiger partial charge on any atom is 0.233 e. The summed E-state index contributed by atoms with van der Waals surface area (Å²) in [5, 5.41) is 8.83. The van der Waals surface area contributed by atoms with Gasteiger partial charge in [-0.3, -0.25) is 0 Å². The van der Waals surface area contributed by atoms with Gasteiger partial charge in [0.2, 0.25) is 5.88 Å². The van der Waals surface area contributed by atoms with E-state index in [0.29, 0.717) is 33.5 Å². The van der Waals surface area contributed by atoms with E-state index in [9.17, 15) is 4.39 Å². The highest BCUT2D eigenvalue weighted by Gasteiger charge is 2.47. The Morgan fingerprint density at radius 3 is 2.71 bits per heavy atom. The van der Waals surface area contributed by atoms with Crippen LogP contribution in [0.3, 0.4) is 0 Å². The van der Waals surface area contributed by atoms with E-state index in [2.05, 4.69) is 15.1 Å². The van der Waals surface area contributed by atoms with Crippen LogP contribution in [-0.4, -0.2) is 54.0 Å². The molecule has 3 aliphatic rings.